The molecule has 1 saturated heterocycles. The standard InChI is InChI=1S/C20H20ClN3O4S/c1-23(15-7-10-29(26,27)11-8-15)20(25)17-13-18(19-6-3-9-28-19)24(22-17)16-5-2-4-14(21)12-16/h2-6,9,12-13,15H,7-8,10-11H2,1H3. The van der Waals surface area contributed by atoms with Crippen LogP contribution in [0.4, 0.5) is 0 Å². The third kappa shape index (κ3) is 4.09. The number of benzene rings is 1. The van der Waals surface area contributed by atoms with Gasteiger partial charge in [0.15, 0.2) is 11.5 Å². The average molecular weight is 434 g/mol. The second-order valence-electron chi connectivity index (χ2n) is 7.08. The summed E-state index contributed by atoms with van der Waals surface area (Å²) in [5.41, 5.74) is 1.59. The second-order valence-corrected chi connectivity index (χ2v) is 9.82. The van der Waals surface area contributed by atoms with E-state index < -0.39 is 9.84 Å². The molecule has 29 heavy (non-hydrogen) atoms. The van der Waals surface area contributed by atoms with Crippen LogP contribution >= 0.6 is 11.6 Å². The Morgan fingerprint density at radius 1 is 1.21 bits per heavy atom. The molecule has 9 heteroatoms. The Kier molecular flexibility index (Phi) is 5.23. The lowest BCUT2D eigenvalue weighted by Crippen LogP contribution is -2.42. The number of amides is 1. The maximum Gasteiger partial charge on any atom is 0.274 e. The van der Waals surface area contributed by atoms with Crippen molar-refractivity contribution in [2.75, 3.05) is 18.6 Å². The Balaban J connectivity index is 1.67. The maximum atomic E-state index is 13.1. The molecule has 0 radical (unpaired) electrons. The van der Waals surface area contributed by atoms with Crippen molar-refractivity contribution in [3.8, 4) is 17.1 Å². The van der Waals surface area contributed by atoms with Gasteiger partial charge in [-0.3, -0.25) is 4.79 Å². The molecule has 1 aliphatic rings. The van der Waals surface area contributed by atoms with Crippen molar-refractivity contribution in [1.29, 1.82) is 0 Å². The SMILES string of the molecule is CN(C(=O)c1cc(-c2ccco2)n(-c2cccc(Cl)c2)n1)C1CCS(=O)(=O)CC1. The molecule has 3 aromatic rings. The molecule has 4 rings (SSSR count). The highest BCUT2D eigenvalue weighted by Crippen LogP contribution is 2.27. The van der Waals surface area contributed by atoms with Crippen molar-refractivity contribution in [3.63, 3.8) is 0 Å². The van der Waals surface area contributed by atoms with E-state index >= 15 is 0 Å². The van der Waals surface area contributed by atoms with Crippen molar-refractivity contribution >= 4 is 27.3 Å². The predicted octanol–water partition coefficient (Wildman–Crippen LogP) is 3.43. The minimum atomic E-state index is -2.99. The van der Waals surface area contributed by atoms with Crippen LogP contribution in [0.25, 0.3) is 17.1 Å². The van der Waals surface area contributed by atoms with Crippen molar-refractivity contribution in [2.24, 2.45) is 0 Å². The number of aromatic nitrogens is 2. The van der Waals surface area contributed by atoms with Gasteiger partial charge < -0.3 is 9.32 Å². The number of hydrogen-bond donors (Lipinski definition) is 0. The first-order valence-corrected chi connectivity index (χ1v) is 11.4. The first kappa shape index (κ1) is 19.7. The molecular weight excluding hydrogens is 414 g/mol. The number of sulfone groups is 1. The lowest BCUT2D eigenvalue weighted by Gasteiger charge is -2.30. The fraction of sp³-hybridized carbons (Fsp3) is 0.300. The summed E-state index contributed by atoms with van der Waals surface area (Å²) in [6.07, 6.45) is 2.43. The molecule has 0 spiro atoms. The molecule has 1 aliphatic heterocycles. The van der Waals surface area contributed by atoms with Crippen LogP contribution in [0, 0.1) is 0 Å². The molecule has 1 fully saturated rings. The van der Waals surface area contributed by atoms with E-state index in [-0.39, 0.29) is 29.1 Å². The Labute approximate surface area is 173 Å². The summed E-state index contributed by atoms with van der Waals surface area (Å²) in [6, 6.07) is 12.3. The molecule has 7 nitrogen and oxygen atoms in total. The predicted molar refractivity (Wildman–Crippen MR) is 110 cm³/mol. The van der Waals surface area contributed by atoms with Gasteiger partial charge in [0.2, 0.25) is 0 Å². The van der Waals surface area contributed by atoms with Crippen LogP contribution in [0.5, 0.6) is 0 Å². The van der Waals surface area contributed by atoms with Crippen molar-refractivity contribution in [2.45, 2.75) is 18.9 Å². The zero-order valence-corrected chi connectivity index (χ0v) is 17.4. The highest BCUT2D eigenvalue weighted by atomic mass is 35.5. The van der Waals surface area contributed by atoms with E-state index in [9.17, 15) is 13.2 Å². The zero-order chi connectivity index (χ0) is 20.6. The topological polar surface area (TPSA) is 85.4 Å². The van der Waals surface area contributed by atoms with Gasteiger partial charge in [-0.2, -0.15) is 5.10 Å². The van der Waals surface area contributed by atoms with Crippen LogP contribution in [0.1, 0.15) is 23.3 Å². The summed E-state index contributed by atoms with van der Waals surface area (Å²) < 4.78 is 30.5. The summed E-state index contributed by atoms with van der Waals surface area (Å²) >= 11 is 6.13. The van der Waals surface area contributed by atoms with E-state index in [2.05, 4.69) is 5.10 Å². The molecule has 3 heterocycles. The minimum absolute atomic E-state index is 0.101. The summed E-state index contributed by atoms with van der Waals surface area (Å²) in [7, 11) is -1.30. The van der Waals surface area contributed by atoms with Crippen LogP contribution in [-0.2, 0) is 9.84 Å². The normalized spacial score (nSPS) is 16.6. The molecule has 0 N–H and O–H groups in total. The fourth-order valence-electron chi connectivity index (χ4n) is 3.50. The van der Waals surface area contributed by atoms with Crippen molar-refractivity contribution in [3.05, 3.63) is 59.4 Å². The molecule has 0 saturated carbocycles. The number of hydrogen-bond acceptors (Lipinski definition) is 5. The van der Waals surface area contributed by atoms with Crippen molar-refractivity contribution in [1.82, 2.24) is 14.7 Å². The van der Waals surface area contributed by atoms with Gasteiger partial charge in [-0.25, -0.2) is 13.1 Å². The molecule has 1 amide bonds. The monoisotopic (exact) mass is 433 g/mol. The third-order valence-corrected chi connectivity index (χ3v) is 7.10. The molecule has 0 atom stereocenters. The highest BCUT2D eigenvalue weighted by Gasteiger charge is 2.30. The number of rotatable bonds is 4. The van der Waals surface area contributed by atoms with Crippen LogP contribution in [-0.4, -0.2) is 53.6 Å². The molecular formula is C20H20ClN3O4S. The first-order chi connectivity index (χ1) is 13.8. The van der Waals surface area contributed by atoms with Gasteiger partial charge in [-0.15, -0.1) is 0 Å². The van der Waals surface area contributed by atoms with E-state index in [0.29, 0.717) is 35.0 Å². The van der Waals surface area contributed by atoms with E-state index in [1.165, 1.54) is 0 Å². The number of nitrogens with zero attached hydrogens (tertiary/aromatic N) is 3. The molecule has 0 bridgehead atoms. The maximum absolute atomic E-state index is 13.1. The Hall–Kier alpha value is -2.58. The second kappa shape index (κ2) is 7.68. The summed E-state index contributed by atoms with van der Waals surface area (Å²) in [6.45, 7) is 0. The van der Waals surface area contributed by atoms with Gasteiger partial charge in [-0.05, 0) is 43.2 Å². The Bertz CT molecular complexity index is 1120. The van der Waals surface area contributed by atoms with Gasteiger partial charge in [0.05, 0.1) is 23.5 Å². The first-order valence-electron chi connectivity index (χ1n) is 9.21. The van der Waals surface area contributed by atoms with Gasteiger partial charge >= 0.3 is 0 Å². The third-order valence-electron chi connectivity index (χ3n) is 5.15. The van der Waals surface area contributed by atoms with E-state index in [4.69, 9.17) is 16.0 Å². The van der Waals surface area contributed by atoms with Crippen LogP contribution in [0.2, 0.25) is 5.02 Å². The fourth-order valence-corrected chi connectivity index (χ4v) is 5.15. The van der Waals surface area contributed by atoms with E-state index in [1.54, 1.807) is 59.3 Å². The van der Waals surface area contributed by atoms with E-state index in [0.717, 1.165) is 0 Å². The molecule has 0 aliphatic carbocycles. The number of halogens is 1. The van der Waals surface area contributed by atoms with Crippen LogP contribution in [0.15, 0.2) is 53.1 Å². The largest absolute Gasteiger partial charge is 0.463 e. The summed E-state index contributed by atoms with van der Waals surface area (Å²) in [5, 5.41) is 5.06. The highest BCUT2D eigenvalue weighted by molar-refractivity contribution is 7.91. The quantitative estimate of drug-likeness (QED) is 0.629. The number of carbonyl (C=O) groups excluding carboxylic acids is 1. The van der Waals surface area contributed by atoms with Gasteiger partial charge in [0, 0.05) is 24.2 Å². The molecule has 2 aromatic heterocycles. The average Bonchev–Trinajstić information content (AvgIpc) is 3.36. The lowest BCUT2D eigenvalue weighted by molar-refractivity contribution is 0.0715. The number of carbonyl (C=O) groups is 1. The smallest absolute Gasteiger partial charge is 0.274 e. The van der Waals surface area contributed by atoms with Gasteiger partial charge in [0.25, 0.3) is 5.91 Å². The molecule has 152 valence electrons. The van der Waals surface area contributed by atoms with Crippen LogP contribution < -0.4 is 0 Å². The van der Waals surface area contributed by atoms with Gasteiger partial charge in [0.1, 0.15) is 15.5 Å². The Morgan fingerprint density at radius 2 is 1.97 bits per heavy atom. The summed E-state index contributed by atoms with van der Waals surface area (Å²) in [5.74, 6) is 0.513. The molecule has 0 unspecified atom stereocenters. The van der Waals surface area contributed by atoms with Crippen molar-refractivity contribution < 1.29 is 17.6 Å². The van der Waals surface area contributed by atoms with Crippen LogP contribution in [0.3, 0.4) is 0 Å². The molecule has 1 aromatic carbocycles. The lowest BCUT2D eigenvalue weighted by atomic mass is 10.1. The summed E-state index contributed by atoms with van der Waals surface area (Å²) in [4.78, 5) is 14.7. The number of furan rings is 1. The minimum Gasteiger partial charge on any atom is -0.463 e. The zero-order valence-electron chi connectivity index (χ0n) is 15.8. The Morgan fingerprint density at radius 3 is 2.62 bits per heavy atom. The van der Waals surface area contributed by atoms with Gasteiger partial charge in [-0.1, -0.05) is 17.7 Å². The van der Waals surface area contributed by atoms with E-state index in [1.807, 2.05) is 6.07 Å².